The molecule has 0 saturated carbocycles. The number of rotatable bonds is 15. The molecule has 2 amide bonds. The number of hydrogen-bond donors (Lipinski definition) is 3. The van der Waals surface area contributed by atoms with E-state index in [1.807, 2.05) is 57.5 Å². The van der Waals surface area contributed by atoms with Crippen molar-refractivity contribution in [1.29, 1.82) is 0 Å². The third-order valence-corrected chi connectivity index (χ3v) is 17.6. The number of pyridine rings is 1. The second-order valence-electron chi connectivity index (χ2n) is 21.9. The van der Waals surface area contributed by atoms with Crippen LogP contribution in [0.2, 0.25) is 0 Å². The molecule has 16 nitrogen and oxygen atoms in total. The normalized spacial score (nSPS) is 24.0. The summed E-state index contributed by atoms with van der Waals surface area (Å²) in [6.07, 6.45) is 6.19. The van der Waals surface area contributed by atoms with Crippen LogP contribution in [0, 0.1) is 30.3 Å². The highest BCUT2D eigenvalue weighted by molar-refractivity contribution is 7.13. The van der Waals surface area contributed by atoms with Gasteiger partial charge in [0, 0.05) is 67.4 Å². The number of hydrogen-bond acceptors (Lipinski definition) is 15. The van der Waals surface area contributed by atoms with Crippen molar-refractivity contribution in [1.82, 2.24) is 45.5 Å². The maximum absolute atomic E-state index is 17.1. The number of aromatic nitrogens is 5. The first-order valence-corrected chi connectivity index (χ1v) is 27.6. The Balaban J connectivity index is 0.727. The second-order valence-corrected chi connectivity index (χ2v) is 22.8. The van der Waals surface area contributed by atoms with Crippen LogP contribution in [0.15, 0.2) is 76.9 Å². The first-order valence-electron chi connectivity index (χ1n) is 26.7. The maximum atomic E-state index is 17.1. The number of β-amino-alcohol motifs (C(OH)–C–C–N with tert-alkyl or cyclic N) is 1. The molecule has 0 spiro atoms. The van der Waals surface area contributed by atoms with Crippen molar-refractivity contribution in [2.24, 2.45) is 5.92 Å². The van der Waals surface area contributed by atoms with Crippen LogP contribution in [-0.4, -0.2) is 127 Å². The number of carbonyl (C=O) groups is 2. The number of likely N-dealkylation sites (tertiary alicyclic amines) is 1. The first-order chi connectivity index (χ1) is 37.2. The lowest BCUT2D eigenvalue weighted by Gasteiger charge is -2.35. The maximum Gasteiger partial charge on any atom is 0.319 e. The Morgan fingerprint density at radius 3 is 2.53 bits per heavy atom. The van der Waals surface area contributed by atoms with Crippen LogP contribution in [0.3, 0.4) is 0 Å². The van der Waals surface area contributed by atoms with Crippen LogP contribution in [0.4, 0.5) is 19.0 Å². The SMILES string of the molecule is Cc1ncsc1-c1ccc([C@H](C)NC(=O)[C@@H]2C[C@@H](O)CN2C(=O)[C@@H](c2cc(OC[C@@H]3CC[C@]4(COc5nc(N6CC7CCC(C6)N7)c6cnc(-c7cccc8ccc(F)c(F)c78)c(F)c6n5)CCCN34)no2)C(C)C)cc1. The molecule has 2 unspecified atom stereocenters. The number of nitrogens with one attached hydrogen (secondary N) is 2. The van der Waals surface area contributed by atoms with E-state index in [0.29, 0.717) is 42.0 Å². The molecule has 8 atom stereocenters. The Morgan fingerprint density at radius 1 is 0.961 bits per heavy atom. The number of ether oxygens (including phenoxy) is 2. The molecular formula is C57H61F3N10O6S. The van der Waals surface area contributed by atoms with Crippen molar-refractivity contribution in [2.75, 3.05) is 44.3 Å². The van der Waals surface area contributed by atoms with E-state index >= 15 is 8.78 Å². The number of anilines is 1. The van der Waals surface area contributed by atoms with Gasteiger partial charge in [0.2, 0.25) is 11.8 Å². The first kappa shape index (κ1) is 51.0. The molecule has 5 aliphatic heterocycles. The van der Waals surface area contributed by atoms with E-state index in [9.17, 15) is 19.1 Å². The largest absolute Gasteiger partial charge is 0.474 e. The summed E-state index contributed by atoms with van der Waals surface area (Å²) in [5, 5.41) is 22.5. The molecule has 9 heterocycles. The number of thiazole rings is 1. The zero-order valence-electron chi connectivity index (χ0n) is 43.3. The van der Waals surface area contributed by atoms with Gasteiger partial charge in [0.25, 0.3) is 5.88 Å². The van der Waals surface area contributed by atoms with Gasteiger partial charge in [-0.15, -0.1) is 11.3 Å². The number of fused-ring (bicyclic) bond motifs is 5. The molecule has 3 N–H and O–H groups in total. The number of amides is 2. The molecule has 402 valence electrons. The van der Waals surface area contributed by atoms with Gasteiger partial charge in [-0.3, -0.25) is 19.5 Å². The minimum Gasteiger partial charge on any atom is -0.474 e. The predicted molar refractivity (Wildman–Crippen MR) is 284 cm³/mol. The minimum absolute atomic E-state index is 0.00151. The molecule has 5 aliphatic rings. The van der Waals surface area contributed by atoms with Crippen molar-refractivity contribution in [3.63, 3.8) is 0 Å². The van der Waals surface area contributed by atoms with E-state index in [1.54, 1.807) is 29.5 Å². The lowest BCUT2D eigenvalue weighted by molar-refractivity contribution is -0.141. The molecule has 12 rings (SSSR count). The summed E-state index contributed by atoms with van der Waals surface area (Å²) in [6, 6.07) is 16.3. The lowest BCUT2D eigenvalue weighted by atomic mass is 9.91. The summed E-state index contributed by atoms with van der Waals surface area (Å²) in [6.45, 7) is 10.3. The molecule has 77 heavy (non-hydrogen) atoms. The number of halogens is 3. The molecular weight excluding hydrogens is 1010 g/mol. The van der Waals surface area contributed by atoms with E-state index in [2.05, 4.69) is 35.6 Å². The van der Waals surface area contributed by atoms with E-state index in [4.69, 9.17) is 24.0 Å². The Labute approximate surface area is 447 Å². The molecule has 5 saturated heterocycles. The van der Waals surface area contributed by atoms with Gasteiger partial charge in [-0.05, 0) is 92.6 Å². The van der Waals surface area contributed by atoms with Crippen molar-refractivity contribution >= 4 is 50.6 Å². The molecule has 7 aromatic rings. The zero-order valence-corrected chi connectivity index (χ0v) is 44.2. The monoisotopic (exact) mass is 1070 g/mol. The minimum atomic E-state index is -1.08. The Bertz CT molecular complexity index is 3370. The Hall–Kier alpha value is -6.74. The van der Waals surface area contributed by atoms with Gasteiger partial charge in [-0.2, -0.15) is 9.97 Å². The molecule has 3 aromatic carbocycles. The van der Waals surface area contributed by atoms with Gasteiger partial charge in [0.15, 0.2) is 23.2 Å². The van der Waals surface area contributed by atoms with Crippen LogP contribution in [-0.2, 0) is 9.59 Å². The van der Waals surface area contributed by atoms with E-state index in [0.717, 1.165) is 72.8 Å². The number of nitrogens with zero attached hydrogens (tertiary/aromatic N) is 8. The quantitative estimate of drug-likeness (QED) is 0.0887. The molecule has 20 heteroatoms. The highest BCUT2D eigenvalue weighted by Crippen LogP contribution is 2.44. The van der Waals surface area contributed by atoms with Crippen molar-refractivity contribution in [3.8, 4) is 33.6 Å². The average molecular weight is 1070 g/mol. The van der Waals surface area contributed by atoms with Gasteiger partial charge >= 0.3 is 6.01 Å². The van der Waals surface area contributed by atoms with Crippen LogP contribution in [0.5, 0.6) is 11.9 Å². The van der Waals surface area contributed by atoms with Crippen molar-refractivity contribution < 1.29 is 41.9 Å². The van der Waals surface area contributed by atoms with Crippen molar-refractivity contribution in [2.45, 2.75) is 120 Å². The van der Waals surface area contributed by atoms with E-state index in [1.165, 1.54) is 23.2 Å². The molecule has 4 aromatic heterocycles. The van der Waals surface area contributed by atoms with Crippen LogP contribution < -0.4 is 25.0 Å². The predicted octanol–water partition coefficient (Wildman–Crippen LogP) is 8.66. The summed E-state index contributed by atoms with van der Waals surface area (Å²) >= 11 is 1.58. The number of carbonyl (C=O) groups excluding carboxylic acids is 2. The Kier molecular flexibility index (Phi) is 13.6. The fourth-order valence-electron chi connectivity index (χ4n) is 12.8. The van der Waals surface area contributed by atoms with Gasteiger partial charge in [-0.25, -0.2) is 18.2 Å². The summed E-state index contributed by atoms with van der Waals surface area (Å²) < 4.78 is 65.8. The zero-order chi connectivity index (χ0) is 53.3. The highest BCUT2D eigenvalue weighted by atomic mass is 32.1. The number of piperazine rings is 1. The Morgan fingerprint density at radius 2 is 1.77 bits per heavy atom. The fraction of sp³-hybridized carbons (Fsp3) is 0.456. The standard InChI is InChI=1S/C57H61F3N10O6S/c1-30(2)46(55(73)69-26-39(71)21-43(69)54(72)63-31(3)33-9-11-35(12-10-33)52-32(4)62-29-77-52)44-22-45(67-76-44)74-27-38-17-19-57(18-6-20-70(38)57)28-75-56-65-51-41(53(66-56)68-24-36-14-15-37(25-68)64-36)23-61-50(49(51)60)40-8-5-7-34-13-16-42(58)48(59)47(34)40/h5,7-13,16,22-23,29-31,36-39,43,46,64,71H,6,14-15,17-21,24-28H2,1-4H3,(H,63,72)/t31-,36?,37?,38-,39+,43-,46+,57-/m0/s1. The van der Waals surface area contributed by atoms with Crippen molar-refractivity contribution in [3.05, 3.63) is 107 Å². The van der Waals surface area contributed by atoms with E-state index in [-0.39, 0.29) is 101 Å². The van der Waals surface area contributed by atoms with Gasteiger partial charge in [0.1, 0.15) is 42.2 Å². The molecule has 5 fully saturated rings. The smallest absolute Gasteiger partial charge is 0.319 e. The van der Waals surface area contributed by atoms with Gasteiger partial charge in [-0.1, -0.05) is 62.4 Å². The third kappa shape index (κ3) is 9.54. The number of aliphatic hydroxyl groups is 1. The van der Waals surface area contributed by atoms with Crippen LogP contribution in [0.25, 0.3) is 43.4 Å². The van der Waals surface area contributed by atoms with Gasteiger partial charge in [0.05, 0.1) is 39.2 Å². The number of aliphatic hydroxyl groups excluding tert-OH is 1. The fourth-order valence-corrected chi connectivity index (χ4v) is 13.6. The second kappa shape index (κ2) is 20.6. The third-order valence-electron chi connectivity index (χ3n) is 16.7. The summed E-state index contributed by atoms with van der Waals surface area (Å²) in [7, 11) is 0. The lowest BCUT2D eigenvalue weighted by Crippen LogP contribution is -2.51. The number of aryl methyl sites for hydroxylation is 1. The summed E-state index contributed by atoms with van der Waals surface area (Å²) in [5.41, 5.74) is 4.31. The van der Waals surface area contributed by atoms with Gasteiger partial charge < -0.3 is 39.5 Å². The summed E-state index contributed by atoms with van der Waals surface area (Å²) in [4.78, 5) is 53.9. The highest BCUT2D eigenvalue weighted by Gasteiger charge is 2.50. The summed E-state index contributed by atoms with van der Waals surface area (Å²) in [5.74, 6) is -3.57. The van der Waals surface area contributed by atoms with E-state index < -0.39 is 35.5 Å². The molecule has 0 aliphatic carbocycles. The molecule has 2 bridgehead atoms. The number of benzene rings is 3. The average Bonchev–Trinajstić information content (AvgIpc) is 4.33. The molecule has 0 radical (unpaired) electrons. The topological polar surface area (TPSA) is 184 Å². The van der Waals surface area contributed by atoms with Crippen LogP contribution >= 0.6 is 11.3 Å². The van der Waals surface area contributed by atoms with Crippen LogP contribution in [0.1, 0.15) is 94.7 Å².